The van der Waals surface area contributed by atoms with Crippen molar-refractivity contribution in [1.82, 2.24) is 10.8 Å². The Bertz CT molecular complexity index is 873. The molecule has 0 aliphatic heterocycles. The first-order chi connectivity index (χ1) is 12.7. The van der Waals surface area contributed by atoms with Crippen molar-refractivity contribution in [3.63, 3.8) is 0 Å². The van der Waals surface area contributed by atoms with Crippen molar-refractivity contribution < 1.29 is 14.8 Å². The average molecular weight is 366 g/mol. The van der Waals surface area contributed by atoms with Gasteiger partial charge in [0, 0.05) is 27.9 Å². The summed E-state index contributed by atoms with van der Waals surface area (Å²) in [4.78, 5) is 24.1. The van der Waals surface area contributed by atoms with Crippen molar-refractivity contribution in [3.8, 4) is 11.8 Å². The van der Waals surface area contributed by atoms with E-state index in [1.807, 2.05) is 12.1 Å². The molecule has 7 nitrogen and oxygen atoms in total. The van der Waals surface area contributed by atoms with Crippen LogP contribution in [0, 0.1) is 11.8 Å². The van der Waals surface area contributed by atoms with Crippen LogP contribution in [0.3, 0.4) is 0 Å². The Kier molecular flexibility index (Phi) is 6.19. The van der Waals surface area contributed by atoms with E-state index in [-0.39, 0.29) is 0 Å². The summed E-state index contributed by atoms with van der Waals surface area (Å²) in [5.41, 5.74) is 14.6. The van der Waals surface area contributed by atoms with E-state index in [9.17, 15) is 9.59 Å². The third-order valence-corrected chi connectivity index (χ3v) is 3.80. The SMILES string of the molecule is CC(C)(N)C(NC(=O)c1ccc(C#Cc2ccc(N)cc2)cc1)C(=O)NO. The molecule has 0 aliphatic rings. The zero-order valence-electron chi connectivity index (χ0n) is 15.1. The Balaban J connectivity index is 2.11. The lowest BCUT2D eigenvalue weighted by Gasteiger charge is -2.29. The van der Waals surface area contributed by atoms with Gasteiger partial charge in [-0.3, -0.25) is 14.8 Å². The molecule has 0 aliphatic carbocycles. The summed E-state index contributed by atoms with van der Waals surface area (Å²) in [5.74, 6) is 4.73. The number of carbonyl (C=O) groups is 2. The van der Waals surface area contributed by atoms with Crippen LogP contribution in [-0.2, 0) is 4.79 Å². The molecule has 2 aromatic carbocycles. The molecule has 0 aromatic heterocycles. The minimum Gasteiger partial charge on any atom is -0.399 e. The van der Waals surface area contributed by atoms with Crippen molar-refractivity contribution in [2.45, 2.75) is 25.4 Å². The highest BCUT2D eigenvalue weighted by Crippen LogP contribution is 2.09. The molecule has 0 saturated heterocycles. The number of anilines is 1. The number of nitrogens with one attached hydrogen (secondary N) is 2. The van der Waals surface area contributed by atoms with E-state index >= 15 is 0 Å². The van der Waals surface area contributed by atoms with E-state index in [1.54, 1.807) is 50.2 Å². The molecule has 1 atom stereocenters. The van der Waals surface area contributed by atoms with E-state index in [0.717, 1.165) is 11.1 Å². The predicted octanol–water partition coefficient (Wildman–Crippen LogP) is 1.01. The quantitative estimate of drug-likeness (QED) is 0.239. The molecule has 2 aromatic rings. The van der Waals surface area contributed by atoms with Gasteiger partial charge < -0.3 is 16.8 Å². The molecular formula is C20H22N4O3. The third kappa shape index (κ3) is 5.57. The lowest BCUT2D eigenvalue weighted by Crippen LogP contribution is -2.61. The normalized spacial score (nSPS) is 11.7. The number of hydrogen-bond acceptors (Lipinski definition) is 5. The number of nitrogen functional groups attached to an aromatic ring is 1. The van der Waals surface area contributed by atoms with Crippen LogP contribution in [0.25, 0.3) is 0 Å². The van der Waals surface area contributed by atoms with Crippen LogP contribution < -0.4 is 22.3 Å². The van der Waals surface area contributed by atoms with Crippen molar-refractivity contribution in [2.75, 3.05) is 5.73 Å². The second-order valence-corrected chi connectivity index (χ2v) is 6.65. The smallest absolute Gasteiger partial charge is 0.267 e. The van der Waals surface area contributed by atoms with Gasteiger partial charge in [-0.15, -0.1) is 0 Å². The van der Waals surface area contributed by atoms with Crippen LogP contribution in [0.5, 0.6) is 0 Å². The van der Waals surface area contributed by atoms with Gasteiger partial charge in [0.05, 0.1) is 0 Å². The van der Waals surface area contributed by atoms with Crippen LogP contribution in [0.15, 0.2) is 48.5 Å². The molecule has 7 heteroatoms. The summed E-state index contributed by atoms with van der Waals surface area (Å²) >= 11 is 0. The molecule has 1 unspecified atom stereocenters. The number of hydrogen-bond donors (Lipinski definition) is 5. The maximum Gasteiger partial charge on any atom is 0.267 e. The summed E-state index contributed by atoms with van der Waals surface area (Å²) in [6.07, 6.45) is 0. The number of nitrogens with two attached hydrogens (primary N) is 2. The third-order valence-electron chi connectivity index (χ3n) is 3.80. The molecular weight excluding hydrogens is 344 g/mol. The van der Waals surface area contributed by atoms with Gasteiger partial charge in [0.1, 0.15) is 6.04 Å². The van der Waals surface area contributed by atoms with Crippen LogP contribution in [0.4, 0.5) is 5.69 Å². The van der Waals surface area contributed by atoms with Gasteiger partial charge in [-0.1, -0.05) is 11.8 Å². The minimum atomic E-state index is -1.10. The number of hydroxylamine groups is 1. The minimum absolute atomic E-state index is 0.341. The fourth-order valence-electron chi connectivity index (χ4n) is 2.28. The van der Waals surface area contributed by atoms with Gasteiger partial charge in [-0.05, 0) is 62.4 Å². The van der Waals surface area contributed by atoms with E-state index in [4.69, 9.17) is 16.7 Å². The van der Waals surface area contributed by atoms with E-state index in [2.05, 4.69) is 17.2 Å². The molecule has 0 spiro atoms. The zero-order valence-corrected chi connectivity index (χ0v) is 15.1. The Morgan fingerprint density at radius 3 is 1.93 bits per heavy atom. The van der Waals surface area contributed by atoms with Gasteiger partial charge in [0.15, 0.2) is 0 Å². The largest absolute Gasteiger partial charge is 0.399 e. The predicted molar refractivity (Wildman–Crippen MR) is 103 cm³/mol. The topological polar surface area (TPSA) is 130 Å². The van der Waals surface area contributed by atoms with Gasteiger partial charge in [-0.2, -0.15) is 0 Å². The van der Waals surface area contributed by atoms with Gasteiger partial charge in [0.2, 0.25) is 0 Å². The Morgan fingerprint density at radius 1 is 1.00 bits per heavy atom. The van der Waals surface area contributed by atoms with E-state index < -0.39 is 23.4 Å². The highest BCUT2D eigenvalue weighted by molar-refractivity contribution is 5.97. The molecule has 0 radical (unpaired) electrons. The average Bonchev–Trinajstić information content (AvgIpc) is 2.64. The maximum absolute atomic E-state index is 12.4. The highest BCUT2D eigenvalue weighted by atomic mass is 16.5. The molecule has 0 heterocycles. The van der Waals surface area contributed by atoms with E-state index in [0.29, 0.717) is 11.3 Å². The number of benzene rings is 2. The zero-order chi connectivity index (χ0) is 20.0. The summed E-state index contributed by atoms with van der Waals surface area (Å²) in [6.45, 7) is 3.14. The summed E-state index contributed by atoms with van der Waals surface area (Å²) < 4.78 is 0. The number of amides is 2. The van der Waals surface area contributed by atoms with Crippen molar-refractivity contribution in [2.24, 2.45) is 5.73 Å². The fourth-order valence-corrected chi connectivity index (χ4v) is 2.28. The van der Waals surface area contributed by atoms with Crippen LogP contribution >= 0.6 is 0 Å². The number of carbonyl (C=O) groups excluding carboxylic acids is 2. The molecule has 7 N–H and O–H groups in total. The van der Waals surface area contributed by atoms with E-state index in [1.165, 1.54) is 5.48 Å². The van der Waals surface area contributed by atoms with Crippen LogP contribution in [0.2, 0.25) is 0 Å². The second kappa shape index (κ2) is 8.36. The standard InChI is InChI=1S/C20H22N4O3/c1-20(2,22)17(19(26)24-27)23-18(25)15-9-5-13(6-10-15)3-4-14-7-11-16(21)12-8-14/h5-12,17,27H,21-22H2,1-2H3,(H,23,25)(H,24,26). The summed E-state index contributed by atoms with van der Waals surface area (Å²) in [5, 5.41) is 11.4. The lowest BCUT2D eigenvalue weighted by molar-refractivity contribution is -0.132. The Labute approximate surface area is 157 Å². The number of rotatable bonds is 4. The first-order valence-electron chi connectivity index (χ1n) is 8.22. The molecule has 0 saturated carbocycles. The van der Waals surface area contributed by atoms with Crippen LogP contribution in [-0.4, -0.2) is 28.6 Å². The molecule has 140 valence electrons. The first-order valence-corrected chi connectivity index (χ1v) is 8.22. The second-order valence-electron chi connectivity index (χ2n) is 6.65. The molecule has 0 fully saturated rings. The molecule has 27 heavy (non-hydrogen) atoms. The monoisotopic (exact) mass is 366 g/mol. The van der Waals surface area contributed by atoms with Gasteiger partial charge >= 0.3 is 0 Å². The Hall–Kier alpha value is -3.34. The van der Waals surface area contributed by atoms with Crippen LogP contribution in [0.1, 0.15) is 35.3 Å². The fraction of sp³-hybridized carbons (Fsp3) is 0.200. The lowest BCUT2D eigenvalue weighted by atomic mass is 9.95. The molecule has 0 bridgehead atoms. The maximum atomic E-state index is 12.4. The first kappa shape index (κ1) is 20.0. The molecule has 2 rings (SSSR count). The molecule has 2 amide bonds. The van der Waals surface area contributed by atoms with Gasteiger partial charge in [-0.25, -0.2) is 5.48 Å². The highest BCUT2D eigenvalue weighted by Gasteiger charge is 2.33. The summed E-state index contributed by atoms with van der Waals surface area (Å²) in [7, 11) is 0. The van der Waals surface area contributed by atoms with Crippen molar-refractivity contribution in [3.05, 3.63) is 65.2 Å². The van der Waals surface area contributed by atoms with Crippen molar-refractivity contribution in [1.29, 1.82) is 0 Å². The summed E-state index contributed by atoms with van der Waals surface area (Å²) in [6, 6.07) is 12.7. The Morgan fingerprint density at radius 2 is 1.48 bits per heavy atom. The van der Waals surface area contributed by atoms with Gasteiger partial charge in [0.25, 0.3) is 11.8 Å². The van der Waals surface area contributed by atoms with Crippen molar-refractivity contribution >= 4 is 17.5 Å².